The molecule has 0 spiro atoms. The van der Waals surface area contributed by atoms with E-state index in [0.29, 0.717) is 12.4 Å². The van der Waals surface area contributed by atoms with Crippen molar-refractivity contribution in [2.45, 2.75) is 13.5 Å². The van der Waals surface area contributed by atoms with Crippen LogP contribution in [0.15, 0.2) is 18.6 Å². The Balaban J connectivity index is 2.27. The van der Waals surface area contributed by atoms with Crippen LogP contribution in [0.25, 0.3) is 0 Å². The molecule has 0 aliphatic heterocycles. The van der Waals surface area contributed by atoms with Crippen molar-refractivity contribution >= 4 is 5.82 Å². The summed E-state index contributed by atoms with van der Waals surface area (Å²) in [6.07, 6.45) is 3.58. The first-order valence-electron chi connectivity index (χ1n) is 4.42. The van der Waals surface area contributed by atoms with Gasteiger partial charge >= 0.3 is 0 Å². The monoisotopic (exact) mass is 191 g/mol. The zero-order chi connectivity index (χ0) is 10.1. The summed E-state index contributed by atoms with van der Waals surface area (Å²) in [4.78, 5) is 4.04. The molecule has 0 unspecified atom stereocenters. The van der Waals surface area contributed by atoms with Crippen LogP contribution < -0.4 is 5.73 Å². The molecule has 0 bridgehead atoms. The Morgan fingerprint density at radius 2 is 2.29 bits per heavy atom. The van der Waals surface area contributed by atoms with E-state index in [1.807, 2.05) is 30.8 Å². The molecule has 0 saturated heterocycles. The van der Waals surface area contributed by atoms with E-state index in [1.165, 1.54) is 0 Å². The summed E-state index contributed by atoms with van der Waals surface area (Å²) in [5.41, 5.74) is 7.80. The maximum absolute atomic E-state index is 5.78. The van der Waals surface area contributed by atoms with Crippen LogP contribution in [0.2, 0.25) is 0 Å². The minimum absolute atomic E-state index is 0.663. The van der Waals surface area contributed by atoms with E-state index in [2.05, 4.69) is 10.1 Å². The average molecular weight is 191 g/mol. The standard InChI is InChI=1S/C9H13N5/c1-7-3-9(10)14(12-7)5-8-4-11-6-13(8)2/h3-4,6H,5,10H2,1-2H3. The van der Waals surface area contributed by atoms with Crippen LogP contribution >= 0.6 is 0 Å². The maximum Gasteiger partial charge on any atom is 0.122 e. The molecule has 14 heavy (non-hydrogen) atoms. The number of nitrogen functional groups attached to an aromatic ring is 1. The Hall–Kier alpha value is -1.78. The van der Waals surface area contributed by atoms with Crippen molar-refractivity contribution in [2.24, 2.45) is 7.05 Å². The predicted molar refractivity (Wildman–Crippen MR) is 53.7 cm³/mol. The van der Waals surface area contributed by atoms with E-state index >= 15 is 0 Å². The molecule has 0 fully saturated rings. The highest BCUT2D eigenvalue weighted by Gasteiger charge is 2.04. The molecule has 0 radical (unpaired) electrons. The van der Waals surface area contributed by atoms with Crippen LogP contribution in [-0.4, -0.2) is 19.3 Å². The third-order valence-electron chi connectivity index (χ3n) is 2.16. The summed E-state index contributed by atoms with van der Waals surface area (Å²) in [6.45, 7) is 2.59. The second-order valence-corrected chi connectivity index (χ2v) is 3.36. The second kappa shape index (κ2) is 3.17. The summed E-state index contributed by atoms with van der Waals surface area (Å²) in [6, 6.07) is 1.86. The number of imidazole rings is 1. The van der Waals surface area contributed by atoms with Gasteiger partial charge in [-0.1, -0.05) is 0 Å². The van der Waals surface area contributed by atoms with Crippen molar-refractivity contribution in [3.8, 4) is 0 Å². The molecular formula is C9H13N5. The van der Waals surface area contributed by atoms with Crippen LogP contribution in [0.3, 0.4) is 0 Å². The van der Waals surface area contributed by atoms with Gasteiger partial charge in [-0.2, -0.15) is 5.10 Å². The summed E-state index contributed by atoms with van der Waals surface area (Å²) in [5.74, 6) is 0.684. The van der Waals surface area contributed by atoms with Gasteiger partial charge in [0.2, 0.25) is 0 Å². The molecule has 2 rings (SSSR count). The molecule has 74 valence electrons. The largest absolute Gasteiger partial charge is 0.384 e. The van der Waals surface area contributed by atoms with Crippen molar-refractivity contribution in [3.05, 3.63) is 30.0 Å². The van der Waals surface area contributed by atoms with E-state index in [0.717, 1.165) is 11.4 Å². The Bertz CT molecular complexity index is 440. The first-order valence-corrected chi connectivity index (χ1v) is 4.42. The van der Waals surface area contributed by atoms with Gasteiger partial charge < -0.3 is 10.3 Å². The molecule has 2 heterocycles. The fourth-order valence-corrected chi connectivity index (χ4v) is 1.38. The number of hydrogen-bond acceptors (Lipinski definition) is 3. The fourth-order valence-electron chi connectivity index (χ4n) is 1.38. The third-order valence-corrected chi connectivity index (χ3v) is 2.16. The van der Waals surface area contributed by atoms with Gasteiger partial charge in [-0.3, -0.25) is 0 Å². The van der Waals surface area contributed by atoms with E-state index in [9.17, 15) is 0 Å². The Kier molecular flexibility index (Phi) is 1.99. The van der Waals surface area contributed by atoms with Gasteiger partial charge in [-0.15, -0.1) is 0 Å². The van der Waals surface area contributed by atoms with Crippen molar-refractivity contribution < 1.29 is 0 Å². The van der Waals surface area contributed by atoms with Crippen LogP contribution in [0.4, 0.5) is 5.82 Å². The highest BCUT2D eigenvalue weighted by molar-refractivity contribution is 5.30. The van der Waals surface area contributed by atoms with E-state index in [-0.39, 0.29) is 0 Å². The van der Waals surface area contributed by atoms with Crippen molar-refractivity contribution in [1.82, 2.24) is 19.3 Å². The lowest BCUT2D eigenvalue weighted by atomic mass is 10.4. The summed E-state index contributed by atoms with van der Waals surface area (Å²) >= 11 is 0. The highest BCUT2D eigenvalue weighted by atomic mass is 15.3. The third kappa shape index (κ3) is 1.48. The number of aromatic nitrogens is 4. The number of aryl methyl sites for hydroxylation is 2. The Labute approximate surface area is 82.2 Å². The van der Waals surface area contributed by atoms with Crippen molar-refractivity contribution in [3.63, 3.8) is 0 Å². The lowest BCUT2D eigenvalue weighted by Gasteiger charge is -2.04. The maximum atomic E-state index is 5.78. The Morgan fingerprint density at radius 1 is 1.50 bits per heavy atom. The van der Waals surface area contributed by atoms with Gasteiger partial charge in [0.05, 0.1) is 30.5 Å². The van der Waals surface area contributed by atoms with Gasteiger partial charge in [0.25, 0.3) is 0 Å². The SMILES string of the molecule is Cc1cc(N)n(Cc2cncn2C)n1. The van der Waals surface area contributed by atoms with Gasteiger partial charge in [0.1, 0.15) is 5.82 Å². The molecule has 0 amide bonds. The molecule has 2 N–H and O–H groups in total. The molecule has 2 aromatic rings. The normalized spacial score (nSPS) is 10.7. The highest BCUT2D eigenvalue weighted by Crippen LogP contribution is 2.08. The van der Waals surface area contributed by atoms with Crippen molar-refractivity contribution in [2.75, 3.05) is 5.73 Å². The molecule has 5 nitrogen and oxygen atoms in total. The zero-order valence-electron chi connectivity index (χ0n) is 8.31. The molecule has 0 aliphatic carbocycles. The van der Waals surface area contributed by atoms with Gasteiger partial charge in [0, 0.05) is 13.1 Å². The number of anilines is 1. The molecule has 5 heteroatoms. The smallest absolute Gasteiger partial charge is 0.122 e. The van der Waals surface area contributed by atoms with Gasteiger partial charge in [0.15, 0.2) is 0 Å². The number of hydrogen-bond donors (Lipinski definition) is 1. The second-order valence-electron chi connectivity index (χ2n) is 3.36. The molecule has 0 aromatic carbocycles. The Morgan fingerprint density at radius 3 is 2.79 bits per heavy atom. The molecule has 2 aromatic heterocycles. The number of rotatable bonds is 2. The topological polar surface area (TPSA) is 61.7 Å². The van der Waals surface area contributed by atoms with Gasteiger partial charge in [-0.05, 0) is 6.92 Å². The van der Waals surface area contributed by atoms with E-state index in [4.69, 9.17) is 5.73 Å². The quantitative estimate of drug-likeness (QED) is 0.754. The first kappa shape index (κ1) is 8.80. The van der Waals surface area contributed by atoms with Crippen LogP contribution in [0.1, 0.15) is 11.4 Å². The molecular weight excluding hydrogens is 178 g/mol. The van der Waals surface area contributed by atoms with Crippen LogP contribution in [0.5, 0.6) is 0 Å². The molecule has 0 aliphatic rings. The fraction of sp³-hybridized carbons (Fsp3) is 0.333. The minimum Gasteiger partial charge on any atom is -0.384 e. The zero-order valence-corrected chi connectivity index (χ0v) is 8.31. The van der Waals surface area contributed by atoms with Crippen LogP contribution in [-0.2, 0) is 13.6 Å². The lowest BCUT2D eigenvalue weighted by Crippen LogP contribution is -2.08. The lowest BCUT2D eigenvalue weighted by molar-refractivity contribution is 0.651. The van der Waals surface area contributed by atoms with Crippen LogP contribution in [0, 0.1) is 6.92 Å². The van der Waals surface area contributed by atoms with Crippen molar-refractivity contribution in [1.29, 1.82) is 0 Å². The van der Waals surface area contributed by atoms with Gasteiger partial charge in [-0.25, -0.2) is 9.67 Å². The number of nitrogens with two attached hydrogens (primary N) is 1. The molecule has 0 saturated carbocycles. The predicted octanol–water partition coefficient (Wildman–Crippen LogP) is 0.556. The first-order chi connectivity index (χ1) is 6.66. The summed E-state index contributed by atoms with van der Waals surface area (Å²) < 4.78 is 3.72. The van der Waals surface area contributed by atoms with E-state index in [1.54, 1.807) is 11.0 Å². The van der Waals surface area contributed by atoms with E-state index < -0.39 is 0 Å². The summed E-state index contributed by atoms with van der Waals surface area (Å²) in [5, 5.41) is 4.28. The minimum atomic E-state index is 0.663. The average Bonchev–Trinajstić information content (AvgIpc) is 2.62. The number of nitrogens with zero attached hydrogens (tertiary/aromatic N) is 4. The summed E-state index contributed by atoms with van der Waals surface area (Å²) in [7, 11) is 1.95. The molecule has 0 atom stereocenters.